The topological polar surface area (TPSA) is 120 Å². The molecule has 0 aliphatic rings. The van der Waals surface area contributed by atoms with Crippen LogP contribution in [0.3, 0.4) is 0 Å². The highest BCUT2D eigenvalue weighted by Gasteiger charge is 2.20. The van der Waals surface area contributed by atoms with Crippen LogP contribution < -0.4 is 21.9 Å². The molecule has 2 N–H and O–H groups in total. The monoisotopic (exact) mass is 462 g/mol. The average molecular weight is 463 g/mol. The number of hydrogen-bond acceptors (Lipinski definition) is 5. The van der Waals surface area contributed by atoms with E-state index < -0.39 is 23.2 Å². The van der Waals surface area contributed by atoms with Gasteiger partial charge in [0.15, 0.2) is 15.9 Å². The van der Waals surface area contributed by atoms with Crippen molar-refractivity contribution in [3.05, 3.63) is 54.9 Å². The van der Waals surface area contributed by atoms with E-state index in [1.165, 1.54) is 23.2 Å². The summed E-state index contributed by atoms with van der Waals surface area (Å²) in [5, 5.41) is 4.85. The first-order valence-corrected chi connectivity index (χ1v) is 9.39. The Hall–Kier alpha value is -3.21. The van der Waals surface area contributed by atoms with Gasteiger partial charge in [-0.3, -0.25) is 28.6 Å². The Labute approximate surface area is 173 Å². The smallest absolute Gasteiger partial charge is 0.307 e. The molecule has 0 unspecified atom stereocenters. The second kappa shape index (κ2) is 7.66. The number of amides is 3. The molecule has 29 heavy (non-hydrogen) atoms. The number of anilines is 1. The highest BCUT2D eigenvalue weighted by Crippen LogP contribution is 2.17. The molecule has 0 bridgehead atoms. The standard InChI is InChI=1S/C18H19BrN6O4/c1-9-5-6-11(10(2)7-9)20-17(28)21-12(26)8-25-14-13(22-16(25)19)15(27)24(4)18(29)23(14)3/h5-7H,8H2,1-4H3,(H2,20,21,26,28). The number of nitrogens with zero attached hydrogens (tertiary/aromatic N) is 4. The number of imidazole rings is 1. The average Bonchev–Trinajstić information content (AvgIpc) is 2.97. The zero-order valence-corrected chi connectivity index (χ0v) is 17.8. The summed E-state index contributed by atoms with van der Waals surface area (Å²) in [6.45, 7) is 3.46. The quantitative estimate of drug-likeness (QED) is 0.565. The van der Waals surface area contributed by atoms with Crippen molar-refractivity contribution in [2.24, 2.45) is 14.1 Å². The number of benzene rings is 1. The number of imide groups is 1. The molecule has 152 valence electrons. The first-order valence-electron chi connectivity index (χ1n) is 8.60. The van der Waals surface area contributed by atoms with Crippen molar-refractivity contribution in [1.29, 1.82) is 0 Å². The van der Waals surface area contributed by atoms with Crippen LogP contribution in [0.25, 0.3) is 11.2 Å². The molecule has 0 spiro atoms. The molecule has 2 aromatic heterocycles. The van der Waals surface area contributed by atoms with Gasteiger partial charge in [0.2, 0.25) is 5.91 Å². The molecule has 1 aromatic carbocycles. The number of fused-ring (bicyclic) bond motifs is 1. The van der Waals surface area contributed by atoms with Crippen LogP contribution in [0.1, 0.15) is 11.1 Å². The number of aromatic nitrogens is 4. The van der Waals surface area contributed by atoms with Gasteiger partial charge < -0.3 is 5.32 Å². The summed E-state index contributed by atoms with van der Waals surface area (Å²) < 4.78 is 3.69. The lowest BCUT2D eigenvalue weighted by molar-refractivity contribution is -0.120. The molecule has 0 atom stereocenters. The van der Waals surface area contributed by atoms with Crippen LogP contribution in [0, 0.1) is 13.8 Å². The number of halogens is 1. The SMILES string of the molecule is Cc1ccc(NC(=O)NC(=O)Cn2c(Br)nc3c(=O)n(C)c(=O)n(C)c32)c(C)c1. The van der Waals surface area contributed by atoms with Crippen molar-refractivity contribution >= 4 is 44.7 Å². The third-order valence-corrected chi connectivity index (χ3v) is 5.08. The van der Waals surface area contributed by atoms with E-state index in [0.717, 1.165) is 15.7 Å². The largest absolute Gasteiger partial charge is 0.332 e. The van der Waals surface area contributed by atoms with Crippen LogP contribution in [0.4, 0.5) is 10.5 Å². The maximum Gasteiger partial charge on any atom is 0.332 e. The van der Waals surface area contributed by atoms with Gasteiger partial charge in [0, 0.05) is 19.8 Å². The normalized spacial score (nSPS) is 10.9. The van der Waals surface area contributed by atoms with Crippen LogP contribution in [0.2, 0.25) is 0 Å². The van der Waals surface area contributed by atoms with Crippen molar-refractivity contribution in [2.75, 3.05) is 5.32 Å². The van der Waals surface area contributed by atoms with Crippen LogP contribution in [0.5, 0.6) is 0 Å². The first kappa shape index (κ1) is 20.5. The molecule has 0 aliphatic heterocycles. The lowest BCUT2D eigenvalue weighted by Gasteiger charge is -2.11. The van der Waals surface area contributed by atoms with Gasteiger partial charge in [0.1, 0.15) is 6.54 Å². The summed E-state index contributed by atoms with van der Waals surface area (Å²) in [5.74, 6) is -0.639. The molecule has 3 rings (SSSR count). The van der Waals surface area contributed by atoms with Crippen LogP contribution in [-0.2, 0) is 25.4 Å². The molecule has 2 heterocycles. The number of nitrogens with one attached hydrogen (secondary N) is 2. The van der Waals surface area contributed by atoms with Gasteiger partial charge in [0.05, 0.1) is 0 Å². The number of rotatable bonds is 3. The summed E-state index contributed by atoms with van der Waals surface area (Å²) in [4.78, 5) is 53.1. The number of carbonyl (C=O) groups excluding carboxylic acids is 2. The number of aryl methyl sites for hydroxylation is 3. The predicted octanol–water partition coefficient (Wildman–Crippen LogP) is 1.16. The fourth-order valence-electron chi connectivity index (χ4n) is 3.02. The Morgan fingerprint density at radius 3 is 2.48 bits per heavy atom. The minimum absolute atomic E-state index is 0.0361. The van der Waals surface area contributed by atoms with Gasteiger partial charge >= 0.3 is 11.7 Å². The minimum atomic E-state index is -0.688. The molecule has 10 nitrogen and oxygen atoms in total. The maximum atomic E-state index is 12.4. The summed E-state index contributed by atoms with van der Waals surface area (Å²) in [6, 6.07) is 4.82. The molecule has 0 saturated heterocycles. The van der Waals surface area contributed by atoms with Crippen molar-refractivity contribution in [3.8, 4) is 0 Å². The van der Waals surface area contributed by atoms with Gasteiger partial charge in [-0.05, 0) is 41.4 Å². The highest BCUT2D eigenvalue weighted by atomic mass is 79.9. The lowest BCUT2D eigenvalue weighted by Crippen LogP contribution is -2.39. The van der Waals surface area contributed by atoms with E-state index in [1.807, 2.05) is 26.0 Å². The molecule has 11 heteroatoms. The molecule has 3 amide bonds. The Balaban J connectivity index is 1.83. The second-order valence-electron chi connectivity index (χ2n) is 6.67. The highest BCUT2D eigenvalue weighted by molar-refractivity contribution is 9.10. The van der Waals surface area contributed by atoms with Crippen molar-refractivity contribution in [2.45, 2.75) is 20.4 Å². The Bertz CT molecular complexity index is 1270. The zero-order chi connectivity index (χ0) is 21.5. The maximum absolute atomic E-state index is 12.4. The molecule has 0 radical (unpaired) electrons. The van der Waals surface area contributed by atoms with E-state index in [-0.39, 0.29) is 22.4 Å². The van der Waals surface area contributed by atoms with Gasteiger partial charge in [-0.2, -0.15) is 0 Å². The predicted molar refractivity (Wildman–Crippen MR) is 111 cm³/mol. The summed E-state index contributed by atoms with van der Waals surface area (Å²) in [5.41, 5.74) is 1.59. The van der Waals surface area contributed by atoms with Crippen molar-refractivity contribution in [3.63, 3.8) is 0 Å². The van der Waals surface area contributed by atoms with Gasteiger partial charge in [-0.15, -0.1) is 0 Å². The number of hydrogen-bond donors (Lipinski definition) is 2. The molecular formula is C18H19BrN6O4. The molecule has 0 fully saturated rings. The molecule has 0 saturated carbocycles. The van der Waals surface area contributed by atoms with E-state index in [4.69, 9.17) is 0 Å². The van der Waals surface area contributed by atoms with Crippen LogP contribution >= 0.6 is 15.9 Å². The second-order valence-corrected chi connectivity index (χ2v) is 7.37. The fourth-order valence-corrected chi connectivity index (χ4v) is 3.49. The van der Waals surface area contributed by atoms with Gasteiger partial charge in [-0.25, -0.2) is 14.6 Å². The minimum Gasteiger partial charge on any atom is -0.307 e. The van der Waals surface area contributed by atoms with Crippen molar-refractivity contribution in [1.82, 2.24) is 24.0 Å². The molecular weight excluding hydrogens is 444 g/mol. The van der Waals surface area contributed by atoms with Gasteiger partial charge in [-0.1, -0.05) is 17.7 Å². The van der Waals surface area contributed by atoms with E-state index in [0.29, 0.717) is 5.69 Å². The van der Waals surface area contributed by atoms with Crippen LogP contribution in [-0.4, -0.2) is 30.6 Å². The van der Waals surface area contributed by atoms with E-state index in [2.05, 4.69) is 31.5 Å². The van der Waals surface area contributed by atoms with Crippen molar-refractivity contribution < 1.29 is 9.59 Å². The summed E-state index contributed by atoms with van der Waals surface area (Å²) >= 11 is 3.20. The van der Waals surface area contributed by atoms with Gasteiger partial charge in [0.25, 0.3) is 5.56 Å². The summed E-state index contributed by atoms with van der Waals surface area (Å²) in [6.07, 6.45) is 0. The zero-order valence-electron chi connectivity index (χ0n) is 16.2. The van der Waals surface area contributed by atoms with E-state index >= 15 is 0 Å². The lowest BCUT2D eigenvalue weighted by atomic mass is 10.1. The summed E-state index contributed by atoms with van der Waals surface area (Å²) in [7, 11) is 2.82. The molecule has 0 aliphatic carbocycles. The van der Waals surface area contributed by atoms with E-state index in [1.54, 1.807) is 6.07 Å². The third kappa shape index (κ3) is 3.86. The van der Waals surface area contributed by atoms with E-state index in [9.17, 15) is 19.2 Å². The fraction of sp³-hybridized carbons (Fsp3) is 0.278. The Kier molecular flexibility index (Phi) is 5.42. The third-order valence-electron chi connectivity index (χ3n) is 4.48. The first-order chi connectivity index (χ1) is 13.6. The molecule has 3 aromatic rings. The number of carbonyl (C=O) groups is 2. The Morgan fingerprint density at radius 2 is 1.83 bits per heavy atom. The Morgan fingerprint density at radius 1 is 1.14 bits per heavy atom. The van der Waals surface area contributed by atoms with Crippen LogP contribution in [0.15, 0.2) is 32.5 Å². The number of urea groups is 1.